The number of allylic oxidation sites excluding steroid dienone is 1. The van der Waals surface area contributed by atoms with Gasteiger partial charge in [-0.2, -0.15) is 0 Å². The van der Waals surface area contributed by atoms with Gasteiger partial charge in [0.2, 0.25) is 0 Å². The average Bonchev–Trinajstić information content (AvgIpc) is 2.71. The first kappa shape index (κ1) is 14.6. The van der Waals surface area contributed by atoms with Crippen LogP contribution in [-0.2, 0) is 9.47 Å². The fourth-order valence-corrected chi connectivity index (χ4v) is 1.93. The summed E-state index contributed by atoms with van der Waals surface area (Å²) >= 11 is 0. The molecular weight excluding hydrogens is 226 g/mol. The van der Waals surface area contributed by atoms with Gasteiger partial charge in [-0.25, -0.2) is 8.78 Å². The van der Waals surface area contributed by atoms with Crippen molar-refractivity contribution in [3.8, 4) is 0 Å². The molecule has 1 fully saturated rings. The molecule has 2 atom stereocenters. The molecule has 4 heteroatoms. The smallest absolute Gasteiger partial charge is 0.268 e. The van der Waals surface area contributed by atoms with Gasteiger partial charge in [0.25, 0.3) is 5.92 Å². The molecule has 0 spiro atoms. The van der Waals surface area contributed by atoms with E-state index in [1.54, 1.807) is 7.11 Å². The van der Waals surface area contributed by atoms with Crippen LogP contribution in [0.15, 0.2) is 12.2 Å². The first-order chi connectivity index (χ1) is 7.97. The summed E-state index contributed by atoms with van der Waals surface area (Å²) in [5, 5.41) is 0. The molecule has 1 aliphatic rings. The van der Waals surface area contributed by atoms with E-state index < -0.39 is 11.8 Å². The fourth-order valence-electron chi connectivity index (χ4n) is 1.93. The van der Waals surface area contributed by atoms with Crippen LogP contribution in [-0.4, -0.2) is 31.8 Å². The summed E-state index contributed by atoms with van der Waals surface area (Å²) in [6, 6.07) is 0. The second kappa shape index (κ2) is 6.45. The Hall–Kier alpha value is -0.480. The van der Waals surface area contributed by atoms with Crippen LogP contribution in [0.1, 0.15) is 33.1 Å². The van der Waals surface area contributed by atoms with Crippen molar-refractivity contribution in [3.63, 3.8) is 0 Å². The summed E-state index contributed by atoms with van der Waals surface area (Å²) in [5.41, 5.74) is 0. The van der Waals surface area contributed by atoms with Gasteiger partial charge in [-0.15, -0.1) is 0 Å². The van der Waals surface area contributed by atoms with Crippen molar-refractivity contribution >= 4 is 0 Å². The summed E-state index contributed by atoms with van der Waals surface area (Å²) in [5.74, 6) is -3.43. The summed E-state index contributed by atoms with van der Waals surface area (Å²) in [4.78, 5) is 0. The number of rotatable bonds is 6. The molecule has 0 aromatic carbocycles. The van der Waals surface area contributed by atoms with Gasteiger partial charge in [0.15, 0.2) is 0 Å². The average molecular weight is 248 g/mol. The van der Waals surface area contributed by atoms with Crippen LogP contribution < -0.4 is 0 Å². The molecule has 0 N–H and O–H groups in total. The Kier molecular flexibility index (Phi) is 5.53. The lowest BCUT2D eigenvalue weighted by Gasteiger charge is -2.18. The summed E-state index contributed by atoms with van der Waals surface area (Å²) < 4.78 is 37.2. The third kappa shape index (κ3) is 4.36. The molecule has 0 saturated heterocycles. The molecule has 1 aliphatic carbocycles. The van der Waals surface area contributed by atoms with Gasteiger partial charge in [-0.3, -0.25) is 0 Å². The SMILES string of the molecule is COC1CCCC1OC/C=C/C(F)(F)C(C)C. The molecule has 0 aliphatic heterocycles. The Morgan fingerprint density at radius 1 is 1.29 bits per heavy atom. The summed E-state index contributed by atoms with van der Waals surface area (Å²) in [7, 11) is 1.66. The number of halogens is 2. The van der Waals surface area contributed by atoms with E-state index >= 15 is 0 Å². The predicted octanol–water partition coefficient (Wildman–Crippen LogP) is 3.42. The van der Waals surface area contributed by atoms with Crippen LogP contribution in [0.25, 0.3) is 0 Å². The zero-order valence-corrected chi connectivity index (χ0v) is 10.8. The third-order valence-electron chi connectivity index (χ3n) is 3.21. The Morgan fingerprint density at radius 3 is 2.53 bits per heavy atom. The van der Waals surface area contributed by atoms with Crippen LogP contribution in [0.4, 0.5) is 8.78 Å². The molecule has 0 bridgehead atoms. The standard InChI is InChI=1S/C13H22F2O2/c1-10(2)13(14,15)8-5-9-17-12-7-4-6-11(12)16-3/h5,8,10-12H,4,6-7,9H2,1-3H3/b8-5+. The van der Waals surface area contributed by atoms with Crippen LogP contribution in [0, 0.1) is 5.92 Å². The van der Waals surface area contributed by atoms with Crippen molar-refractivity contribution in [2.45, 2.75) is 51.2 Å². The van der Waals surface area contributed by atoms with Gasteiger partial charge in [-0.1, -0.05) is 19.9 Å². The number of methoxy groups -OCH3 is 1. The molecular formula is C13H22F2O2. The van der Waals surface area contributed by atoms with Gasteiger partial charge in [0.1, 0.15) is 0 Å². The molecule has 100 valence electrons. The zero-order valence-electron chi connectivity index (χ0n) is 10.8. The molecule has 2 unspecified atom stereocenters. The van der Waals surface area contributed by atoms with Gasteiger partial charge in [-0.05, 0) is 25.3 Å². The van der Waals surface area contributed by atoms with E-state index in [0.29, 0.717) is 0 Å². The van der Waals surface area contributed by atoms with E-state index in [1.807, 2.05) is 0 Å². The van der Waals surface area contributed by atoms with E-state index in [0.717, 1.165) is 25.3 Å². The minimum absolute atomic E-state index is 0.0531. The first-order valence-corrected chi connectivity index (χ1v) is 6.17. The second-order valence-electron chi connectivity index (χ2n) is 4.81. The van der Waals surface area contributed by atoms with Gasteiger partial charge in [0.05, 0.1) is 18.8 Å². The number of hydrogen-bond acceptors (Lipinski definition) is 2. The highest BCUT2D eigenvalue weighted by Crippen LogP contribution is 2.26. The summed E-state index contributed by atoms with van der Waals surface area (Å²) in [6.07, 6.45) is 5.54. The largest absolute Gasteiger partial charge is 0.379 e. The van der Waals surface area contributed by atoms with Crippen molar-refractivity contribution in [2.75, 3.05) is 13.7 Å². The Balaban J connectivity index is 2.30. The molecule has 0 heterocycles. The van der Waals surface area contributed by atoms with E-state index in [1.165, 1.54) is 19.9 Å². The van der Waals surface area contributed by atoms with Crippen molar-refractivity contribution in [1.29, 1.82) is 0 Å². The lowest BCUT2D eigenvalue weighted by Crippen LogP contribution is -2.25. The molecule has 1 saturated carbocycles. The van der Waals surface area contributed by atoms with Gasteiger partial charge >= 0.3 is 0 Å². The Morgan fingerprint density at radius 2 is 1.94 bits per heavy atom. The quantitative estimate of drug-likeness (QED) is 0.671. The highest BCUT2D eigenvalue weighted by Gasteiger charge is 2.30. The normalized spacial score (nSPS) is 26.2. The van der Waals surface area contributed by atoms with Crippen molar-refractivity contribution in [3.05, 3.63) is 12.2 Å². The molecule has 0 aromatic heterocycles. The molecule has 0 aromatic rings. The maximum Gasteiger partial charge on any atom is 0.268 e. The van der Waals surface area contributed by atoms with E-state index in [2.05, 4.69) is 0 Å². The molecule has 17 heavy (non-hydrogen) atoms. The Bertz CT molecular complexity index is 252. The van der Waals surface area contributed by atoms with Crippen LogP contribution >= 0.6 is 0 Å². The van der Waals surface area contributed by atoms with Gasteiger partial charge in [0, 0.05) is 13.0 Å². The predicted molar refractivity (Wildman–Crippen MR) is 63.3 cm³/mol. The van der Waals surface area contributed by atoms with Crippen LogP contribution in [0.5, 0.6) is 0 Å². The van der Waals surface area contributed by atoms with E-state index in [9.17, 15) is 8.78 Å². The minimum atomic E-state index is -2.75. The van der Waals surface area contributed by atoms with Gasteiger partial charge < -0.3 is 9.47 Å². The summed E-state index contributed by atoms with van der Waals surface area (Å²) in [6.45, 7) is 3.24. The Labute approximate surface area is 102 Å². The maximum absolute atomic E-state index is 13.2. The van der Waals surface area contributed by atoms with E-state index in [-0.39, 0.29) is 18.8 Å². The number of ether oxygens (including phenoxy) is 2. The zero-order chi connectivity index (χ0) is 12.9. The molecule has 0 radical (unpaired) electrons. The number of hydrogen-bond donors (Lipinski definition) is 0. The van der Waals surface area contributed by atoms with Crippen LogP contribution in [0.3, 0.4) is 0 Å². The molecule has 0 amide bonds. The van der Waals surface area contributed by atoms with Crippen molar-refractivity contribution in [1.82, 2.24) is 0 Å². The number of alkyl halides is 2. The highest BCUT2D eigenvalue weighted by atomic mass is 19.3. The monoisotopic (exact) mass is 248 g/mol. The van der Waals surface area contributed by atoms with Crippen LogP contribution in [0.2, 0.25) is 0 Å². The van der Waals surface area contributed by atoms with Crippen molar-refractivity contribution < 1.29 is 18.3 Å². The third-order valence-corrected chi connectivity index (χ3v) is 3.21. The fraction of sp³-hybridized carbons (Fsp3) is 0.846. The lowest BCUT2D eigenvalue weighted by atomic mass is 10.1. The molecule has 2 nitrogen and oxygen atoms in total. The second-order valence-corrected chi connectivity index (χ2v) is 4.81. The van der Waals surface area contributed by atoms with Crippen molar-refractivity contribution in [2.24, 2.45) is 5.92 Å². The molecule has 1 rings (SSSR count). The lowest BCUT2D eigenvalue weighted by molar-refractivity contribution is -0.0299. The maximum atomic E-state index is 13.2. The topological polar surface area (TPSA) is 18.5 Å². The van der Waals surface area contributed by atoms with E-state index in [4.69, 9.17) is 9.47 Å². The highest BCUT2D eigenvalue weighted by molar-refractivity contribution is 4.96. The first-order valence-electron chi connectivity index (χ1n) is 6.17. The minimum Gasteiger partial charge on any atom is -0.379 e.